The van der Waals surface area contributed by atoms with Crippen LogP contribution in [-0.4, -0.2) is 36.4 Å². The van der Waals surface area contributed by atoms with E-state index in [-0.39, 0.29) is 23.0 Å². The van der Waals surface area contributed by atoms with Gasteiger partial charge in [0.05, 0.1) is 0 Å². The zero-order chi connectivity index (χ0) is 19.5. The average Bonchev–Trinajstić information content (AvgIpc) is 3.33. The van der Waals surface area contributed by atoms with Crippen molar-refractivity contribution >= 4 is 11.8 Å². The molecule has 2 heterocycles. The molecule has 0 saturated heterocycles. The number of ether oxygens (including phenoxy) is 1. The van der Waals surface area contributed by atoms with Gasteiger partial charge in [-0.15, -0.1) is 5.10 Å². The van der Waals surface area contributed by atoms with Gasteiger partial charge in [-0.1, -0.05) is 35.5 Å². The first-order valence-electron chi connectivity index (χ1n) is 8.18. The fourth-order valence-corrected chi connectivity index (χ4v) is 2.62. The van der Waals surface area contributed by atoms with Gasteiger partial charge in [-0.25, -0.2) is 9.42 Å². The summed E-state index contributed by atoms with van der Waals surface area (Å²) in [5.74, 6) is -0.586. The third-order valence-electron chi connectivity index (χ3n) is 3.95. The van der Waals surface area contributed by atoms with Crippen LogP contribution in [0.5, 0.6) is 5.75 Å². The van der Waals surface area contributed by atoms with E-state index in [1.807, 2.05) is 30.3 Å². The molecule has 10 nitrogen and oxygen atoms in total. The highest BCUT2D eigenvalue weighted by molar-refractivity contribution is 5.93. The first kappa shape index (κ1) is 17.2. The molecule has 3 N–H and O–H groups in total. The summed E-state index contributed by atoms with van der Waals surface area (Å²) in [7, 11) is 0. The third-order valence-corrected chi connectivity index (χ3v) is 3.95. The summed E-state index contributed by atoms with van der Waals surface area (Å²) in [6, 6.07) is 16.6. The second kappa shape index (κ2) is 7.19. The molecule has 0 spiro atoms. The van der Waals surface area contributed by atoms with Gasteiger partial charge in [-0.05, 0) is 40.1 Å². The molecule has 0 bridgehead atoms. The van der Waals surface area contributed by atoms with Crippen LogP contribution in [0.3, 0.4) is 0 Å². The molecule has 0 atom stereocenters. The summed E-state index contributed by atoms with van der Waals surface area (Å²) in [4.78, 5) is 11.6. The van der Waals surface area contributed by atoms with Crippen LogP contribution in [0.15, 0.2) is 59.2 Å². The minimum atomic E-state index is -1.24. The van der Waals surface area contributed by atoms with Crippen LogP contribution in [0.25, 0.3) is 17.1 Å². The van der Waals surface area contributed by atoms with Crippen molar-refractivity contribution in [1.29, 1.82) is 0 Å². The number of nitrogens with two attached hydrogens (primary N) is 1. The van der Waals surface area contributed by atoms with E-state index >= 15 is 0 Å². The number of benzene rings is 2. The minimum Gasteiger partial charge on any atom is -0.489 e. The predicted octanol–water partition coefficient (Wildman–Crippen LogP) is 2.18. The number of hydrogen-bond acceptors (Lipinski definition) is 8. The first-order valence-corrected chi connectivity index (χ1v) is 8.18. The Morgan fingerprint density at radius 3 is 2.50 bits per heavy atom. The molecule has 0 saturated carbocycles. The van der Waals surface area contributed by atoms with Crippen molar-refractivity contribution in [3.63, 3.8) is 0 Å². The Morgan fingerprint density at radius 2 is 1.86 bits per heavy atom. The van der Waals surface area contributed by atoms with Gasteiger partial charge in [-0.3, -0.25) is 0 Å². The molecular weight excluding hydrogens is 364 g/mol. The number of nitrogens with zero attached hydrogens (tertiary/aromatic N) is 5. The largest absolute Gasteiger partial charge is 0.489 e. The highest BCUT2D eigenvalue weighted by atomic mass is 16.6. The Labute approximate surface area is 158 Å². The quantitative estimate of drug-likeness (QED) is 0.516. The SMILES string of the molecule is Nc1nonc1-n1nnc(C(=O)O)c1-c1ccc(OCc2ccccc2)cc1. The van der Waals surface area contributed by atoms with Gasteiger partial charge < -0.3 is 15.6 Å². The smallest absolute Gasteiger partial charge is 0.358 e. The molecule has 10 heteroatoms. The molecule has 0 aliphatic carbocycles. The first-order chi connectivity index (χ1) is 13.6. The number of hydrogen-bond donors (Lipinski definition) is 2. The van der Waals surface area contributed by atoms with Crippen molar-refractivity contribution in [2.24, 2.45) is 0 Å². The Morgan fingerprint density at radius 1 is 1.11 bits per heavy atom. The number of aromatic nitrogens is 5. The van der Waals surface area contributed by atoms with Crippen molar-refractivity contribution in [3.8, 4) is 22.8 Å². The summed E-state index contributed by atoms with van der Waals surface area (Å²) in [5.41, 5.74) is 7.23. The second-order valence-electron chi connectivity index (χ2n) is 5.78. The van der Waals surface area contributed by atoms with Crippen LogP contribution in [0, 0.1) is 0 Å². The number of nitrogen functional groups attached to an aromatic ring is 1. The molecular formula is C18H14N6O4. The summed E-state index contributed by atoms with van der Waals surface area (Å²) in [6.45, 7) is 0.418. The number of carboxylic acids is 1. The lowest BCUT2D eigenvalue weighted by Crippen LogP contribution is -2.05. The Hall–Kier alpha value is -4.21. The molecule has 4 aromatic rings. The minimum absolute atomic E-state index is 0.0362. The molecule has 0 unspecified atom stereocenters. The van der Waals surface area contributed by atoms with Crippen LogP contribution in [0.4, 0.5) is 5.82 Å². The zero-order valence-electron chi connectivity index (χ0n) is 14.4. The summed E-state index contributed by atoms with van der Waals surface area (Å²) < 4.78 is 11.5. The standard InChI is InChI=1S/C18H14N6O4/c19-16-17(22-28-21-16)24-15(14(18(25)26)20-23-24)12-6-8-13(9-7-12)27-10-11-4-2-1-3-5-11/h1-9H,10H2,(H2,19,21)(H,25,26). The molecule has 28 heavy (non-hydrogen) atoms. The van der Waals surface area contributed by atoms with E-state index in [0.29, 0.717) is 17.9 Å². The highest BCUT2D eigenvalue weighted by Crippen LogP contribution is 2.28. The maximum absolute atomic E-state index is 11.6. The molecule has 0 radical (unpaired) electrons. The molecule has 2 aromatic carbocycles. The van der Waals surface area contributed by atoms with Crippen molar-refractivity contribution < 1.29 is 19.3 Å². The molecule has 0 fully saturated rings. The van der Waals surface area contributed by atoms with E-state index in [4.69, 9.17) is 10.5 Å². The Balaban J connectivity index is 1.64. The van der Waals surface area contributed by atoms with Crippen LogP contribution < -0.4 is 10.5 Å². The van der Waals surface area contributed by atoms with Gasteiger partial charge in [0.15, 0.2) is 5.69 Å². The van der Waals surface area contributed by atoms with Gasteiger partial charge in [0.25, 0.3) is 0 Å². The van der Waals surface area contributed by atoms with E-state index in [2.05, 4.69) is 25.3 Å². The van der Waals surface area contributed by atoms with E-state index in [1.54, 1.807) is 24.3 Å². The van der Waals surface area contributed by atoms with Crippen LogP contribution in [0.1, 0.15) is 16.1 Å². The molecule has 0 aliphatic rings. The molecule has 4 rings (SSSR count). The predicted molar refractivity (Wildman–Crippen MR) is 96.8 cm³/mol. The Kier molecular flexibility index (Phi) is 4.42. The van der Waals surface area contributed by atoms with Crippen molar-refractivity contribution in [3.05, 3.63) is 65.9 Å². The Bertz CT molecular complexity index is 1100. The lowest BCUT2D eigenvalue weighted by molar-refractivity contribution is 0.0691. The van der Waals surface area contributed by atoms with Crippen molar-refractivity contribution in [1.82, 2.24) is 25.3 Å². The maximum atomic E-state index is 11.6. The van der Waals surface area contributed by atoms with Crippen molar-refractivity contribution in [2.45, 2.75) is 6.61 Å². The van der Waals surface area contributed by atoms with E-state index in [9.17, 15) is 9.90 Å². The number of carboxylic acid groups (broad SMARTS) is 1. The monoisotopic (exact) mass is 378 g/mol. The van der Waals surface area contributed by atoms with Crippen LogP contribution >= 0.6 is 0 Å². The molecule has 2 aromatic heterocycles. The summed E-state index contributed by atoms with van der Waals surface area (Å²) in [5, 5.41) is 24.1. The van der Waals surface area contributed by atoms with Crippen LogP contribution in [0.2, 0.25) is 0 Å². The van der Waals surface area contributed by atoms with Crippen molar-refractivity contribution in [2.75, 3.05) is 5.73 Å². The van der Waals surface area contributed by atoms with Gasteiger partial charge in [-0.2, -0.15) is 4.68 Å². The van der Waals surface area contributed by atoms with Gasteiger partial charge in [0, 0.05) is 5.56 Å². The fourth-order valence-electron chi connectivity index (χ4n) is 2.62. The average molecular weight is 378 g/mol. The zero-order valence-corrected chi connectivity index (χ0v) is 14.4. The van der Waals surface area contributed by atoms with Gasteiger partial charge in [0.1, 0.15) is 18.1 Å². The van der Waals surface area contributed by atoms with E-state index in [1.165, 1.54) is 4.68 Å². The molecule has 0 amide bonds. The van der Waals surface area contributed by atoms with Crippen LogP contribution in [-0.2, 0) is 6.61 Å². The molecule has 140 valence electrons. The maximum Gasteiger partial charge on any atom is 0.358 e. The lowest BCUT2D eigenvalue weighted by Gasteiger charge is -2.08. The number of anilines is 1. The number of carbonyl (C=O) groups is 1. The van der Waals surface area contributed by atoms with Gasteiger partial charge in [0.2, 0.25) is 11.6 Å². The molecule has 0 aliphatic heterocycles. The highest BCUT2D eigenvalue weighted by Gasteiger charge is 2.24. The normalized spacial score (nSPS) is 10.7. The summed E-state index contributed by atoms with van der Waals surface area (Å²) >= 11 is 0. The topological polar surface area (TPSA) is 142 Å². The third kappa shape index (κ3) is 3.26. The lowest BCUT2D eigenvalue weighted by atomic mass is 10.1. The number of aromatic carboxylic acids is 1. The summed E-state index contributed by atoms with van der Waals surface area (Å²) in [6.07, 6.45) is 0. The van der Waals surface area contributed by atoms with E-state index in [0.717, 1.165) is 5.56 Å². The van der Waals surface area contributed by atoms with E-state index < -0.39 is 5.97 Å². The fraction of sp³-hybridized carbons (Fsp3) is 0.0556. The van der Waals surface area contributed by atoms with Gasteiger partial charge >= 0.3 is 5.97 Å². The number of rotatable bonds is 6. The second-order valence-corrected chi connectivity index (χ2v) is 5.78.